The molecule has 2 aromatic heterocycles. The number of nitrogens with zero attached hydrogens (tertiary/aromatic N) is 4. The summed E-state index contributed by atoms with van der Waals surface area (Å²) < 4.78 is 3.84. The van der Waals surface area contributed by atoms with Gasteiger partial charge < -0.3 is 5.32 Å². The summed E-state index contributed by atoms with van der Waals surface area (Å²) >= 11 is 0. The SMILES string of the molecule is CCn1nc(C)c(CCC(=O)NCc2c(C)nn(C)c2C)c1C. The summed E-state index contributed by atoms with van der Waals surface area (Å²) in [5.41, 5.74) is 6.55. The molecule has 0 saturated heterocycles. The molecular formula is C17H27N5O. The summed E-state index contributed by atoms with van der Waals surface area (Å²) in [7, 11) is 1.92. The highest BCUT2D eigenvalue weighted by atomic mass is 16.1. The van der Waals surface area contributed by atoms with Gasteiger partial charge in [0.2, 0.25) is 5.91 Å². The number of carbonyl (C=O) groups is 1. The van der Waals surface area contributed by atoms with Crippen molar-refractivity contribution in [3.05, 3.63) is 33.9 Å². The Labute approximate surface area is 137 Å². The van der Waals surface area contributed by atoms with Crippen molar-refractivity contribution in [3.63, 3.8) is 0 Å². The molecule has 0 aliphatic rings. The van der Waals surface area contributed by atoms with E-state index in [1.165, 1.54) is 5.56 Å². The lowest BCUT2D eigenvalue weighted by Gasteiger charge is -2.07. The Morgan fingerprint density at radius 3 is 2.22 bits per heavy atom. The molecule has 2 heterocycles. The van der Waals surface area contributed by atoms with Crippen LogP contribution in [0.5, 0.6) is 0 Å². The van der Waals surface area contributed by atoms with Gasteiger partial charge in [-0.1, -0.05) is 0 Å². The maximum absolute atomic E-state index is 12.2. The molecule has 126 valence electrons. The molecule has 0 radical (unpaired) electrons. The predicted molar refractivity (Wildman–Crippen MR) is 90.2 cm³/mol. The zero-order valence-corrected chi connectivity index (χ0v) is 15.0. The Kier molecular flexibility index (Phi) is 5.23. The summed E-state index contributed by atoms with van der Waals surface area (Å²) in [5.74, 6) is 0.0655. The molecule has 0 aliphatic carbocycles. The summed E-state index contributed by atoms with van der Waals surface area (Å²) in [5, 5.41) is 11.9. The van der Waals surface area contributed by atoms with Crippen molar-refractivity contribution in [2.75, 3.05) is 0 Å². The monoisotopic (exact) mass is 317 g/mol. The molecule has 2 aromatic rings. The minimum Gasteiger partial charge on any atom is -0.352 e. The van der Waals surface area contributed by atoms with Gasteiger partial charge in [-0.05, 0) is 46.6 Å². The number of rotatable bonds is 6. The first-order chi connectivity index (χ1) is 10.8. The van der Waals surface area contributed by atoms with Crippen LogP contribution in [0, 0.1) is 27.7 Å². The summed E-state index contributed by atoms with van der Waals surface area (Å²) in [6.45, 7) is 11.5. The molecule has 0 fully saturated rings. The van der Waals surface area contributed by atoms with Gasteiger partial charge in [0, 0.05) is 43.5 Å². The summed E-state index contributed by atoms with van der Waals surface area (Å²) in [4.78, 5) is 12.2. The highest BCUT2D eigenvalue weighted by molar-refractivity contribution is 5.76. The summed E-state index contributed by atoms with van der Waals surface area (Å²) in [6.07, 6.45) is 1.21. The van der Waals surface area contributed by atoms with Crippen molar-refractivity contribution in [3.8, 4) is 0 Å². The smallest absolute Gasteiger partial charge is 0.220 e. The topological polar surface area (TPSA) is 64.7 Å². The average molecular weight is 317 g/mol. The fraction of sp³-hybridized carbons (Fsp3) is 0.588. The van der Waals surface area contributed by atoms with Crippen LogP contribution in [0.15, 0.2) is 0 Å². The van der Waals surface area contributed by atoms with Crippen LogP contribution in [0.3, 0.4) is 0 Å². The molecule has 23 heavy (non-hydrogen) atoms. The number of hydrogen-bond acceptors (Lipinski definition) is 3. The second-order valence-corrected chi connectivity index (χ2v) is 6.01. The highest BCUT2D eigenvalue weighted by Crippen LogP contribution is 2.15. The van der Waals surface area contributed by atoms with Crippen LogP contribution in [0.1, 0.15) is 47.2 Å². The van der Waals surface area contributed by atoms with Crippen molar-refractivity contribution in [1.82, 2.24) is 24.9 Å². The maximum Gasteiger partial charge on any atom is 0.220 e. The van der Waals surface area contributed by atoms with Crippen molar-refractivity contribution in [2.45, 2.75) is 60.5 Å². The maximum atomic E-state index is 12.2. The second kappa shape index (κ2) is 6.98. The first-order valence-corrected chi connectivity index (χ1v) is 8.13. The van der Waals surface area contributed by atoms with Crippen molar-refractivity contribution in [2.24, 2.45) is 7.05 Å². The van der Waals surface area contributed by atoms with Gasteiger partial charge in [0.05, 0.1) is 11.4 Å². The minimum absolute atomic E-state index is 0.0655. The third-order valence-corrected chi connectivity index (χ3v) is 4.55. The van der Waals surface area contributed by atoms with E-state index in [4.69, 9.17) is 0 Å². The molecule has 0 aromatic carbocycles. The van der Waals surface area contributed by atoms with Gasteiger partial charge in [-0.15, -0.1) is 0 Å². The first-order valence-electron chi connectivity index (χ1n) is 8.13. The standard InChI is InChI=1S/C17H27N5O/c1-7-22-14(5)15(11(2)20-22)8-9-17(23)18-10-16-12(3)19-21(6)13(16)4/h7-10H2,1-6H3,(H,18,23). The lowest BCUT2D eigenvalue weighted by atomic mass is 10.1. The molecule has 6 heteroatoms. The number of nitrogens with one attached hydrogen (secondary N) is 1. The van der Waals surface area contributed by atoms with Gasteiger partial charge in [0.15, 0.2) is 0 Å². The Hall–Kier alpha value is -2.11. The van der Waals surface area contributed by atoms with Gasteiger partial charge in [0.1, 0.15) is 0 Å². The molecule has 0 atom stereocenters. The molecular weight excluding hydrogens is 290 g/mol. The molecule has 0 aliphatic heterocycles. The van der Waals surface area contributed by atoms with Crippen molar-refractivity contribution in [1.29, 1.82) is 0 Å². The third-order valence-electron chi connectivity index (χ3n) is 4.55. The Balaban J connectivity index is 1.92. The van der Waals surface area contributed by atoms with E-state index in [2.05, 4.69) is 29.4 Å². The molecule has 0 bridgehead atoms. The number of hydrogen-bond donors (Lipinski definition) is 1. The van der Waals surface area contributed by atoms with Crippen LogP contribution in [-0.4, -0.2) is 25.5 Å². The van der Waals surface area contributed by atoms with Gasteiger partial charge >= 0.3 is 0 Å². The van der Waals surface area contributed by atoms with Crippen molar-refractivity contribution >= 4 is 5.91 Å². The largest absolute Gasteiger partial charge is 0.352 e. The van der Waals surface area contributed by atoms with E-state index >= 15 is 0 Å². The van der Waals surface area contributed by atoms with Gasteiger partial charge in [0.25, 0.3) is 0 Å². The molecule has 0 saturated carbocycles. The van der Waals surface area contributed by atoms with E-state index in [1.54, 1.807) is 0 Å². The fourth-order valence-electron chi connectivity index (χ4n) is 2.99. The zero-order chi connectivity index (χ0) is 17.1. The quantitative estimate of drug-likeness (QED) is 0.887. The molecule has 0 unspecified atom stereocenters. The normalized spacial score (nSPS) is 11.0. The van der Waals surface area contributed by atoms with Crippen LogP contribution in [-0.2, 0) is 31.4 Å². The van der Waals surface area contributed by atoms with E-state index in [1.807, 2.05) is 37.2 Å². The zero-order valence-electron chi connectivity index (χ0n) is 15.0. The Bertz CT molecular complexity index is 711. The third kappa shape index (κ3) is 3.63. The Morgan fingerprint density at radius 2 is 1.70 bits per heavy atom. The highest BCUT2D eigenvalue weighted by Gasteiger charge is 2.14. The molecule has 1 amide bonds. The van der Waals surface area contributed by atoms with E-state index in [-0.39, 0.29) is 5.91 Å². The molecule has 1 N–H and O–H groups in total. The van der Waals surface area contributed by atoms with E-state index in [0.29, 0.717) is 13.0 Å². The average Bonchev–Trinajstić information content (AvgIpc) is 2.91. The lowest BCUT2D eigenvalue weighted by Crippen LogP contribution is -2.23. The van der Waals surface area contributed by atoms with Gasteiger partial charge in [-0.3, -0.25) is 14.2 Å². The predicted octanol–water partition coefficient (Wildman–Crippen LogP) is 2.12. The van der Waals surface area contributed by atoms with E-state index in [0.717, 1.165) is 41.3 Å². The number of aromatic nitrogens is 4. The number of carbonyl (C=O) groups excluding carboxylic acids is 1. The number of aryl methyl sites for hydroxylation is 4. The molecule has 2 rings (SSSR count). The van der Waals surface area contributed by atoms with Crippen LogP contribution in [0.4, 0.5) is 0 Å². The van der Waals surface area contributed by atoms with Crippen LogP contribution < -0.4 is 5.32 Å². The van der Waals surface area contributed by atoms with Gasteiger partial charge in [-0.2, -0.15) is 10.2 Å². The van der Waals surface area contributed by atoms with E-state index in [9.17, 15) is 4.79 Å². The Morgan fingerprint density at radius 1 is 1.04 bits per heavy atom. The van der Waals surface area contributed by atoms with Crippen LogP contribution >= 0.6 is 0 Å². The second-order valence-electron chi connectivity index (χ2n) is 6.01. The summed E-state index contributed by atoms with van der Waals surface area (Å²) in [6, 6.07) is 0. The first kappa shape index (κ1) is 17.2. The van der Waals surface area contributed by atoms with Gasteiger partial charge in [-0.25, -0.2) is 0 Å². The fourth-order valence-corrected chi connectivity index (χ4v) is 2.99. The van der Waals surface area contributed by atoms with Crippen molar-refractivity contribution < 1.29 is 4.79 Å². The molecule has 6 nitrogen and oxygen atoms in total. The van der Waals surface area contributed by atoms with E-state index < -0.39 is 0 Å². The number of amides is 1. The molecule has 0 spiro atoms. The minimum atomic E-state index is 0.0655. The lowest BCUT2D eigenvalue weighted by molar-refractivity contribution is -0.121. The van der Waals surface area contributed by atoms with Crippen LogP contribution in [0.25, 0.3) is 0 Å². The van der Waals surface area contributed by atoms with Crippen LogP contribution in [0.2, 0.25) is 0 Å².